The summed E-state index contributed by atoms with van der Waals surface area (Å²) in [5, 5.41) is 8.77. The number of hydrogen-bond acceptors (Lipinski definition) is 3. The predicted molar refractivity (Wildman–Crippen MR) is 82.8 cm³/mol. The molecule has 0 aliphatic heterocycles. The monoisotopic (exact) mass is 357 g/mol. The maximum absolute atomic E-state index is 14.2. The Bertz CT molecular complexity index is 705. The molecule has 0 unspecified atom stereocenters. The van der Waals surface area contributed by atoms with Crippen molar-refractivity contribution in [2.45, 2.75) is 12.5 Å². The molecule has 0 radical (unpaired) electrons. The minimum Gasteiger partial charge on any atom is -0.481 e. The largest absolute Gasteiger partial charge is 0.481 e. The Morgan fingerprint density at radius 3 is 2.04 bits per heavy atom. The standard InChI is InChI=1S/C17H15F4NO3/c18-12-1-5-14(6-2-12)22(10-9-16(23)24)11-17(20,21)25-15-7-3-13(19)4-8-15/h1-8H,9-11H2,(H,23,24). The fraction of sp³-hybridized carbons (Fsp3) is 0.235. The Morgan fingerprint density at radius 2 is 1.52 bits per heavy atom. The maximum Gasteiger partial charge on any atom is 0.415 e. The number of hydrogen-bond donors (Lipinski definition) is 1. The average Bonchev–Trinajstić information content (AvgIpc) is 2.54. The first-order valence-corrected chi connectivity index (χ1v) is 7.30. The van der Waals surface area contributed by atoms with Gasteiger partial charge in [-0.05, 0) is 48.5 Å². The molecule has 0 bridgehead atoms. The number of ether oxygens (including phenoxy) is 1. The molecular weight excluding hydrogens is 342 g/mol. The lowest BCUT2D eigenvalue weighted by atomic mass is 10.2. The summed E-state index contributed by atoms with van der Waals surface area (Å²) < 4.78 is 58.7. The van der Waals surface area contributed by atoms with Crippen molar-refractivity contribution in [2.24, 2.45) is 0 Å². The van der Waals surface area contributed by atoms with Gasteiger partial charge >= 0.3 is 12.1 Å². The SMILES string of the molecule is O=C(O)CCN(CC(F)(F)Oc1ccc(F)cc1)c1ccc(F)cc1. The lowest BCUT2D eigenvalue weighted by Gasteiger charge is -2.28. The van der Waals surface area contributed by atoms with Crippen LogP contribution >= 0.6 is 0 Å². The van der Waals surface area contributed by atoms with Crippen LogP contribution in [0, 0.1) is 11.6 Å². The van der Waals surface area contributed by atoms with Gasteiger partial charge < -0.3 is 14.7 Å². The summed E-state index contributed by atoms with van der Waals surface area (Å²) in [7, 11) is 0. The molecule has 0 heterocycles. The van der Waals surface area contributed by atoms with Crippen LogP contribution in [0.15, 0.2) is 48.5 Å². The van der Waals surface area contributed by atoms with Crippen LogP contribution in [0.3, 0.4) is 0 Å². The minimum absolute atomic E-state index is 0.219. The van der Waals surface area contributed by atoms with Crippen LogP contribution in [0.25, 0.3) is 0 Å². The van der Waals surface area contributed by atoms with E-state index in [0.717, 1.165) is 41.3 Å². The topological polar surface area (TPSA) is 49.8 Å². The second-order valence-electron chi connectivity index (χ2n) is 5.24. The molecule has 0 fully saturated rings. The fourth-order valence-corrected chi connectivity index (χ4v) is 2.11. The van der Waals surface area contributed by atoms with Crippen LogP contribution in [0.1, 0.15) is 6.42 Å². The predicted octanol–water partition coefficient (Wildman–Crippen LogP) is 3.92. The molecule has 0 amide bonds. The zero-order valence-electron chi connectivity index (χ0n) is 13.0. The molecule has 0 atom stereocenters. The van der Waals surface area contributed by atoms with Crippen LogP contribution in [0.2, 0.25) is 0 Å². The molecule has 2 aromatic rings. The van der Waals surface area contributed by atoms with Gasteiger partial charge in [-0.2, -0.15) is 8.78 Å². The van der Waals surface area contributed by atoms with E-state index in [1.807, 2.05) is 0 Å². The van der Waals surface area contributed by atoms with Gasteiger partial charge in [-0.25, -0.2) is 8.78 Å². The van der Waals surface area contributed by atoms with Crippen molar-refractivity contribution in [3.63, 3.8) is 0 Å². The lowest BCUT2D eigenvalue weighted by molar-refractivity contribution is -0.167. The Morgan fingerprint density at radius 1 is 1.00 bits per heavy atom. The first-order chi connectivity index (χ1) is 11.7. The summed E-state index contributed by atoms with van der Waals surface area (Å²) in [5.74, 6) is -2.53. The fourth-order valence-electron chi connectivity index (χ4n) is 2.11. The highest BCUT2D eigenvalue weighted by atomic mass is 19.3. The van der Waals surface area contributed by atoms with Crippen molar-refractivity contribution >= 4 is 11.7 Å². The molecule has 2 aromatic carbocycles. The van der Waals surface area contributed by atoms with Crippen molar-refractivity contribution in [1.29, 1.82) is 0 Å². The third-order valence-corrected chi connectivity index (χ3v) is 3.24. The quantitative estimate of drug-likeness (QED) is 0.728. The number of halogens is 4. The van der Waals surface area contributed by atoms with Crippen molar-refractivity contribution < 1.29 is 32.2 Å². The van der Waals surface area contributed by atoms with Gasteiger partial charge in [-0.3, -0.25) is 4.79 Å². The van der Waals surface area contributed by atoms with E-state index in [0.29, 0.717) is 0 Å². The van der Waals surface area contributed by atoms with Gasteiger partial charge in [0.2, 0.25) is 0 Å². The number of benzene rings is 2. The summed E-state index contributed by atoms with van der Waals surface area (Å²) >= 11 is 0. The van der Waals surface area contributed by atoms with Gasteiger partial charge in [-0.15, -0.1) is 0 Å². The molecule has 25 heavy (non-hydrogen) atoms. The number of carbonyl (C=O) groups is 1. The lowest BCUT2D eigenvalue weighted by Crippen LogP contribution is -2.42. The molecule has 1 N–H and O–H groups in total. The highest BCUT2D eigenvalue weighted by Crippen LogP contribution is 2.25. The third-order valence-electron chi connectivity index (χ3n) is 3.24. The normalized spacial score (nSPS) is 11.2. The van der Waals surface area contributed by atoms with E-state index in [1.54, 1.807) is 0 Å². The van der Waals surface area contributed by atoms with Gasteiger partial charge in [0.25, 0.3) is 0 Å². The highest BCUT2D eigenvalue weighted by molar-refractivity contribution is 5.67. The van der Waals surface area contributed by atoms with Crippen LogP contribution in [-0.4, -0.2) is 30.3 Å². The van der Waals surface area contributed by atoms with Crippen molar-refractivity contribution in [3.05, 3.63) is 60.2 Å². The molecule has 8 heteroatoms. The van der Waals surface area contributed by atoms with Gasteiger partial charge in [0, 0.05) is 12.2 Å². The molecular formula is C17H15F4NO3. The number of carboxylic acids is 1. The number of anilines is 1. The molecule has 0 saturated carbocycles. The molecule has 0 aliphatic rings. The van der Waals surface area contributed by atoms with E-state index in [4.69, 9.17) is 5.11 Å². The van der Waals surface area contributed by atoms with Crippen LogP contribution in [-0.2, 0) is 4.79 Å². The summed E-state index contributed by atoms with van der Waals surface area (Å²) in [4.78, 5) is 11.8. The van der Waals surface area contributed by atoms with Crippen LogP contribution in [0.4, 0.5) is 23.2 Å². The molecule has 0 saturated heterocycles. The smallest absolute Gasteiger partial charge is 0.415 e. The molecule has 0 spiro atoms. The van der Waals surface area contributed by atoms with E-state index in [-0.39, 0.29) is 24.4 Å². The summed E-state index contributed by atoms with van der Waals surface area (Å²) in [5.41, 5.74) is 0.227. The number of aliphatic carboxylic acids is 1. The van der Waals surface area contributed by atoms with Gasteiger partial charge in [0.1, 0.15) is 23.9 Å². The zero-order chi connectivity index (χ0) is 18.4. The second-order valence-corrected chi connectivity index (χ2v) is 5.24. The Hall–Kier alpha value is -2.77. The molecule has 4 nitrogen and oxygen atoms in total. The first-order valence-electron chi connectivity index (χ1n) is 7.30. The number of nitrogens with zero attached hydrogens (tertiary/aromatic N) is 1. The van der Waals surface area contributed by atoms with E-state index >= 15 is 0 Å². The molecule has 2 rings (SSSR count). The number of alkyl halides is 2. The summed E-state index contributed by atoms with van der Waals surface area (Å²) in [6, 6.07) is 8.78. The van der Waals surface area contributed by atoms with E-state index in [2.05, 4.69) is 4.74 Å². The summed E-state index contributed by atoms with van der Waals surface area (Å²) in [6.07, 6.45) is -4.06. The number of rotatable bonds is 8. The van der Waals surface area contributed by atoms with Crippen molar-refractivity contribution in [3.8, 4) is 5.75 Å². The van der Waals surface area contributed by atoms with E-state index in [1.165, 1.54) is 12.1 Å². The van der Waals surface area contributed by atoms with E-state index < -0.39 is 30.3 Å². The highest BCUT2D eigenvalue weighted by Gasteiger charge is 2.35. The average molecular weight is 357 g/mol. The van der Waals surface area contributed by atoms with Gasteiger partial charge in [-0.1, -0.05) is 0 Å². The first kappa shape index (κ1) is 18.6. The molecule has 134 valence electrons. The third kappa shape index (κ3) is 5.98. The summed E-state index contributed by atoms with van der Waals surface area (Å²) in [6.45, 7) is -1.17. The van der Waals surface area contributed by atoms with Crippen molar-refractivity contribution in [1.82, 2.24) is 0 Å². The molecule has 0 aromatic heterocycles. The van der Waals surface area contributed by atoms with Crippen molar-refractivity contribution in [2.75, 3.05) is 18.0 Å². The Labute approximate surface area is 141 Å². The van der Waals surface area contributed by atoms with E-state index in [9.17, 15) is 22.4 Å². The van der Waals surface area contributed by atoms with Crippen LogP contribution < -0.4 is 9.64 Å². The van der Waals surface area contributed by atoms with Gasteiger partial charge in [0.05, 0.1) is 6.42 Å². The van der Waals surface area contributed by atoms with Crippen LogP contribution in [0.5, 0.6) is 5.75 Å². The minimum atomic E-state index is -3.68. The number of carboxylic acid groups (broad SMARTS) is 1. The van der Waals surface area contributed by atoms with Gasteiger partial charge in [0.15, 0.2) is 0 Å². The zero-order valence-corrected chi connectivity index (χ0v) is 13.0. The Balaban J connectivity index is 2.13. The molecule has 0 aliphatic carbocycles. The second kappa shape index (κ2) is 7.87. The Kier molecular flexibility index (Phi) is 5.84. The maximum atomic E-state index is 14.2.